The predicted molar refractivity (Wildman–Crippen MR) is 96.3 cm³/mol. The summed E-state index contributed by atoms with van der Waals surface area (Å²) in [5.41, 5.74) is 1.32. The van der Waals surface area contributed by atoms with Crippen molar-refractivity contribution in [3.05, 3.63) is 76.0 Å². The predicted octanol–water partition coefficient (Wildman–Crippen LogP) is 4.08. The molecule has 0 aliphatic heterocycles. The minimum absolute atomic E-state index is 0.129. The molecule has 0 bridgehead atoms. The molecule has 4 nitrogen and oxygen atoms in total. The van der Waals surface area contributed by atoms with E-state index < -0.39 is 5.82 Å². The van der Waals surface area contributed by atoms with Crippen LogP contribution in [-0.2, 0) is 20.1 Å². The molecule has 130 valence electrons. The van der Waals surface area contributed by atoms with E-state index >= 15 is 0 Å². The highest BCUT2D eigenvalue weighted by Gasteiger charge is 2.19. The summed E-state index contributed by atoms with van der Waals surface area (Å²) in [7, 11) is 3.34. The van der Waals surface area contributed by atoms with Crippen molar-refractivity contribution in [3.8, 4) is 5.75 Å². The summed E-state index contributed by atoms with van der Waals surface area (Å²) in [6.07, 6.45) is 1.94. The topological polar surface area (TPSA) is 34.5 Å². The molecule has 25 heavy (non-hydrogen) atoms. The van der Waals surface area contributed by atoms with E-state index in [1.165, 1.54) is 19.2 Å². The maximum atomic E-state index is 14.0. The molecule has 0 unspecified atom stereocenters. The van der Waals surface area contributed by atoms with Crippen LogP contribution in [0.25, 0.3) is 0 Å². The number of thiophene rings is 1. The maximum absolute atomic E-state index is 14.0. The van der Waals surface area contributed by atoms with E-state index in [2.05, 4.69) is 0 Å². The monoisotopic (exact) mass is 358 g/mol. The fourth-order valence-electron chi connectivity index (χ4n) is 2.63. The third-order valence-electron chi connectivity index (χ3n) is 4.02. The van der Waals surface area contributed by atoms with Crippen LogP contribution in [0.15, 0.2) is 54.0 Å². The molecule has 1 aromatic carbocycles. The van der Waals surface area contributed by atoms with Crippen LogP contribution in [0.3, 0.4) is 0 Å². The van der Waals surface area contributed by atoms with Gasteiger partial charge in [0.1, 0.15) is 0 Å². The molecule has 0 atom stereocenters. The fourth-order valence-corrected chi connectivity index (χ4v) is 3.35. The number of rotatable bonds is 6. The molecule has 0 aliphatic carbocycles. The van der Waals surface area contributed by atoms with Gasteiger partial charge in [-0.3, -0.25) is 4.79 Å². The lowest BCUT2D eigenvalue weighted by Crippen LogP contribution is -2.30. The van der Waals surface area contributed by atoms with E-state index in [1.807, 2.05) is 47.5 Å². The molecule has 0 saturated carbocycles. The van der Waals surface area contributed by atoms with Gasteiger partial charge >= 0.3 is 0 Å². The van der Waals surface area contributed by atoms with E-state index in [1.54, 1.807) is 22.3 Å². The van der Waals surface area contributed by atoms with Gasteiger partial charge in [-0.1, -0.05) is 6.07 Å². The summed E-state index contributed by atoms with van der Waals surface area (Å²) in [6.45, 7) is 0.934. The Balaban J connectivity index is 1.88. The smallest absolute Gasteiger partial charge is 0.254 e. The minimum atomic E-state index is -0.539. The number of carbonyl (C=O) groups is 1. The number of nitrogens with zero attached hydrogens (tertiary/aromatic N) is 2. The Bertz CT molecular complexity index is 858. The Hall–Kier alpha value is -2.60. The van der Waals surface area contributed by atoms with Crippen molar-refractivity contribution in [1.29, 1.82) is 0 Å². The van der Waals surface area contributed by atoms with Gasteiger partial charge in [-0.15, -0.1) is 11.3 Å². The number of hydrogen-bond donors (Lipinski definition) is 0. The lowest BCUT2D eigenvalue weighted by molar-refractivity contribution is 0.0727. The lowest BCUT2D eigenvalue weighted by Gasteiger charge is -2.23. The maximum Gasteiger partial charge on any atom is 0.254 e. The standard InChI is InChI=1S/C19H19FN2O2S/c1-21-9-3-5-15(21)12-22(13-16-6-4-10-25-16)19(23)14-7-8-18(24-2)17(20)11-14/h3-11H,12-13H2,1-2H3. The Morgan fingerprint density at radius 3 is 2.68 bits per heavy atom. The Morgan fingerprint density at radius 2 is 2.08 bits per heavy atom. The zero-order valence-electron chi connectivity index (χ0n) is 14.1. The van der Waals surface area contributed by atoms with Gasteiger partial charge in [0.15, 0.2) is 11.6 Å². The summed E-state index contributed by atoms with van der Waals surface area (Å²) in [4.78, 5) is 15.8. The highest BCUT2D eigenvalue weighted by molar-refractivity contribution is 7.09. The van der Waals surface area contributed by atoms with Gasteiger partial charge in [0.05, 0.1) is 20.2 Å². The molecule has 0 spiro atoms. The third-order valence-corrected chi connectivity index (χ3v) is 4.88. The number of benzene rings is 1. The number of hydrogen-bond acceptors (Lipinski definition) is 3. The van der Waals surface area contributed by atoms with Gasteiger partial charge in [-0.05, 0) is 41.8 Å². The van der Waals surface area contributed by atoms with Crippen molar-refractivity contribution in [1.82, 2.24) is 9.47 Å². The molecular weight excluding hydrogens is 339 g/mol. The molecule has 0 aliphatic rings. The fraction of sp³-hybridized carbons (Fsp3) is 0.211. The summed E-state index contributed by atoms with van der Waals surface area (Å²) >= 11 is 1.60. The molecule has 0 fully saturated rings. The van der Waals surface area contributed by atoms with Crippen LogP contribution in [0, 0.1) is 5.82 Å². The van der Waals surface area contributed by atoms with Crippen LogP contribution in [0.1, 0.15) is 20.9 Å². The van der Waals surface area contributed by atoms with Crippen LogP contribution in [0.2, 0.25) is 0 Å². The van der Waals surface area contributed by atoms with E-state index in [-0.39, 0.29) is 11.7 Å². The van der Waals surface area contributed by atoms with Crippen molar-refractivity contribution in [3.63, 3.8) is 0 Å². The van der Waals surface area contributed by atoms with Crippen molar-refractivity contribution < 1.29 is 13.9 Å². The Labute approximate surface area is 150 Å². The molecule has 6 heteroatoms. The number of aryl methyl sites for hydroxylation is 1. The van der Waals surface area contributed by atoms with Gasteiger partial charge in [0, 0.05) is 29.4 Å². The number of ether oxygens (including phenoxy) is 1. The average molecular weight is 358 g/mol. The highest BCUT2D eigenvalue weighted by atomic mass is 32.1. The Morgan fingerprint density at radius 1 is 1.24 bits per heavy atom. The summed E-state index contributed by atoms with van der Waals surface area (Å²) in [5, 5.41) is 1.98. The second-order valence-electron chi connectivity index (χ2n) is 5.70. The van der Waals surface area contributed by atoms with E-state index in [4.69, 9.17) is 4.74 Å². The molecule has 2 aromatic heterocycles. The zero-order chi connectivity index (χ0) is 17.8. The van der Waals surface area contributed by atoms with Gasteiger partial charge in [-0.25, -0.2) is 4.39 Å². The SMILES string of the molecule is COc1ccc(C(=O)N(Cc2cccs2)Cc2cccn2C)cc1F. The van der Waals surface area contributed by atoms with Crippen molar-refractivity contribution in [2.45, 2.75) is 13.1 Å². The third kappa shape index (κ3) is 3.91. The summed E-state index contributed by atoms with van der Waals surface area (Å²) < 4.78 is 20.9. The van der Waals surface area contributed by atoms with E-state index in [0.717, 1.165) is 10.6 Å². The molecule has 3 aromatic rings. The van der Waals surface area contributed by atoms with Crippen LogP contribution >= 0.6 is 11.3 Å². The molecule has 2 heterocycles. The Kier molecular flexibility index (Phi) is 5.19. The summed E-state index contributed by atoms with van der Waals surface area (Å²) in [5.74, 6) is -0.622. The molecular formula is C19H19FN2O2S. The highest BCUT2D eigenvalue weighted by Crippen LogP contribution is 2.21. The molecule has 0 saturated heterocycles. The largest absolute Gasteiger partial charge is 0.494 e. The van der Waals surface area contributed by atoms with Gasteiger partial charge in [0.25, 0.3) is 5.91 Å². The second-order valence-corrected chi connectivity index (χ2v) is 6.73. The lowest BCUT2D eigenvalue weighted by atomic mass is 10.1. The van der Waals surface area contributed by atoms with Crippen molar-refractivity contribution in [2.75, 3.05) is 7.11 Å². The first kappa shape index (κ1) is 17.2. The molecule has 0 N–H and O–H groups in total. The van der Waals surface area contributed by atoms with E-state index in [9.17, 15) is 9.18 Å². The number of aromatic nitrogens is 1. The van der Waals surface area contributed by atoms with Gasteiger partial charge in [0.2, 0.25) is 0 Å². The zero-order valence-corrected chi connectivity index (χ0v) is 14.9. The van der Waals surface area contributed by atoms with Crippen molar-refractivity contribution in [2.24, 2.45) is 7.05 Å². The molecule has 0 radical (unpaired) electrons. The minimum Gasteiger partial charge on any atom is -0.494 e. The summed E-state index contributed by atoms with van der Waals surface area (Å²) in [6, 6.07) is 12.2. The van der Waals surface area contributed by atoms with E-state index in [0.29, 0.717) is 18.7 Å². The van der Waals surface area contributed by atoms with Crippen LogP contribution < -0.4 is 4.74 Å². The molecule has 3 rings (SSSR count). The normalized spacial score (nSPS) is 10.7. The number of carbonyl (C=O) groups excluding carboxylic acids is 1. The van der Waals surface area contributed by atoms with Crippen LogP contribution in [-0.4, -0.2) is 22.5 Å². The first-order chi connectivity index (χ1) is 12.1. The van der Waals surface area contributed by atoms with Crippen LogP contribution in [0.4, 0.5) is 4.39 Å². The van der Waals surface area contributed by atoms with Gasteiger partial charge in [-0.2, -0.15) is 0 Å². The molecule has 1 amide bonds. The van der Waals surface area contributed by atoms with Crippen LogP contribution in [0.5, 0.6) is 5.75 Å². The number of halogens is 1. The van der Waals surface area contributed by atoms with Gasteiger partial charge < -0.3 is 14.2 Å². The first-order valence-electron chi connectivity index (χ1n) is 7.84. The quantitative estimate of drug-likeness (QED) is 0.665. The number of amides is 1. The second kappa shape index (κ2) is 7.53. The number of methoxy groups -OCH3 is 1. The first-order valence-corrected chi connectivity index (χ1v) is 8.72. The van der Waals surface area contributed by atoms with Crippen molar-refractivity contribution >= 4 is 17.2 Å². The average Bonchev–Trinajstić information content (AvgIpc) is 3.26.